The average molecular weight is 325 g/mol. The quantitative estimate of drug-likeness (QED) is 0.452. The van der Waals surface area contributed by atoms with Gasteiger partial charge in [-0.3, -0.25) is 0 Å². The third-order valence-corrected chi connectivity index (χ3v) is 1.47. The molecule has 1 aromatic rings. The molecule has 0 saturated carbocycles. The summed E-state index contributed by atoms with van der Waals surface area (Å²) in [6.07, 6.45) is 0. The van der Waals surface area contributed by atoms with Gasteiger partial charge in [0.05, 0.1) is 0 Å². The maximum atomic E-state index is 2.20. The van der Waals surface area contributed by atoms with E-state index in [0.717, 1.165) is 5.92 Å². The lowest BCUT2D eigenvalue weighted by Gasteiger charge is -2.01. The summed E-state index contributed by atoms with van der Waals surface area (Å²) >= 11 is 0. The lowest BCUT2D eigenvalue weighted by Crippen LogP contribution is -1.83. The van der Waals surface area contributed by atoms with E-state index in [4.69, 9.17) is 0 Å². The molecular formula is C22H50B. The highest BCUT2D eigenvalue weighted by Crippen LogP contribution is 2.11. The average Bonchev–Trinajstić information content (AvgIpc) is 2.55. The van der Waals surface area contributed by atoms with Crippen molar-refractivity contribution in [3.63, 3.8) is 0 Å². The molecule has 0 heterocycles. The van der Waals surface area contributed by atoms with E-state index in [1.807, 2.05) is 61.5 Å². The van der Waals surface area contributed by atoms with E-state index in [9.17, 15) is 0 Å². The maximum absolute atomic E-state index is 2.20. The molecule has 0 amide bonds. The number of hydrogen-bond acceptors (Lipinski definition) is 0. The standard InChI is InChI=1S/C9H12.C4H10.4C2H6.CH4.B/c1-8(2)9-6-4-3-5-7-9;1-4(2)3;4*1-2;;/h3-8H,1-2H3;4H,1-3H3;4*1-2H3;1H4;. The minimum Gasteiger partial charge on any atom is -0.0776 e. The van der Waals surface area contributed by atoms with Crippen molar-refractivity contribution in [3.8, 4) is 0 Å². The summed E-state index contributed by atoms with van der Waals surface area (Å²) in [5.74, 6) is 1.49. The van der Waals surface area contributed by atoms with Gasteiger partial charge in [0.15, 0.2) is 0 Å². The highest BCUT2D eigenvalue weighted by Gasteiger charge is 1.93. The molecule has 1 aromatic carbocycles. The molecule has 0 aliphatic rings. The lowest BCUT2D eigenvalue weighted by atomic mass is 10.0. The van der Waals surface area contributed by atoms with Gasteiger partial charge in [-0.05, 0) is 17.4 Å². The van der Waals surface area contributed by atoms with Crippen molar-refractivity contribution in [1.29, 1.82) is 0 Å². The van der Waals surface area contributed by atoms with E-state index in [-0.39, 0.29) is 15.8 Å². The largest absolute Gasteiger partial charge is 0.0776 e. The SMILES string of the molecule is C.CC.CC.CC.CC.CC(C)C.CC(C)c1ccccc1.[B]. The van der Waals surface area contributed by atoms with Crippen LogP contribution in [0.15, 0.2) is 30.3 Å². The van der Waals surface area contributed by atoms with Crippen LogP contribution in [0, 0.1) is 5.92 Å². The topological polar surface area (TPSA) is 0 Å². The Hall–Kier alpha value is -0.715. The Morgan fingerprint density at radius 2 is 0.783 bits per heavy atom. The second-order valence-electron chi connectivity index (χ2n) is 4.30. The summed E-state index contributed by atoms with van der Waals surface area (Å²) in [6.45, 7) is 26.9. The van der Waals surface area contributed by atoms with Crippen LogP contribution in [-0.2, 0) is 0 Å². The van der Waals surface area contributed by atoms with E-state index in [1.54, 1.807) is 0 Å². The molecule has 3 radical (unpaired) electrons. The molecule has 0 saturated heterocycles. The molecule has 0 aliphatic carbocycles. The number of benzene rings is 1. The highest BCUT2D eigenvalue weighted by atomic mass is 14.0. The fourth-order valence-corrected chi connectivity index (χ4v) is 0.838. The maximum Gasteiger partial charge on any atom is 0 e. The second kappa shape index (κ2) is 49.6. The van der Waals surface area contributed by atoms with Crippen molar-refractivity contribution in [2.24, 2.45) is 5.92 Å². The zero-order valence-electron chi connectivity index (χ0n) is 18.1. The Morgan fingerprint density at radius 3 is 0.913 bits per heavy atom. The molecule has 0 nitrogen and oxygen atoms in total. The predicted molar refractivity (Wildman–Crippen MR) is 119 cm³/mol. The highest BCUT2D eigenvalue weighted by molar-refractivity contribution is 5.75. The van der Waals surface area contributed by atoms with Gasteiger partial charge in [-0.25, -0.2) is 0 Å². The summed E-state index contributed by atoms with van der Waals surface area (Å²) in [7, 11) is 0. The third-order valence-electron chi connectivity index (χ3n) is 1.47. The van der Waals surface area contributed by atoms with Crippen LogP contribution in [0.3, 0.4) is 0 Å². The molecule has 0 aliphatic heterocycles. The Labute approximate surface area is 154 Å². The van der Waals surface area contributed by atoms with Crippen LogP contribution in [0.2, 0.25) is 0 Å². The first-order valence-corrected chi connectivity index (χ1v) is 9.09. The molecule has 141 valence electrons. The molecule has 0 atom stereocenters. The van der Waals surface area contributed by atoms with Crippen molar-refractivity contribution in [2.45, 2.75) is 103 Å². The first-order valence-electron chi connectivity index (χ1n) is 9.09. The predicted octanol–water partition coefficient (Wildman–Crippen LogP) is 8.83. The lowest BCUT2D eigenvalue weighted by molar-refractivity contribution is 0.737. The van der Waals surface area contributed by atoms with Crippen molar-refractivity contribution in [2.75, 3.05) is 0 Å². The fraction of sp³-hybridized carbons (Fsp3) is 0.727. The Balaban J connectivity index is -0.0000000317. The first-order chi connectivity index (χ1) is 10.0. The van der Waals surface area contributed by atoms with Gasteiger partial charge in [0, 0.05) is 8.41 Å². The summed E-state index contributed by atoms with van der Waals surface area (Å²) in [4.78, 5) is 0. The van der Waals surface area contributed by atoms with Gasteiger partial charge in [-0.15, -0.1) is 0 Å². The normalized spacial score (nSPS) is 6.57. The fourth-order valence-electron chi connectivity index (χ4n) is 0.838. The Kier molecular flexibility index (Phi) is 93.2. The van der Waals surface area contributed by atoms with Gasteiger partial charge in [0.25, 0.3) is 0 Å². The van der Waals surface area contributed by atoms with Crippen LogP contribution in [0.1, 0.15) is 109 Å². The molecule has 1 rings (SSSR count). The van der Waals surface area contributed by atoms with Crippen molar-refractivity contribution >= 4 is 8.41 Å². The van der Waals surface area contributed by atoms with Crippen molar-refractivity contribution in [3.05, 3.63) is 35.9 Å². The second-order valence-corrected chi connectivity index (χ2v) is 4.30. The van der Waals surface area contributed by atoms with Crippen LogP contribution in [-0.4, -0.2) is 8.41 Å². The molecule has 0 aromatic heterocycles. The first kappa shape index (κ1) is 43.2. The Bertz CT molecular complexity index is 200. The minimum atomic E-state index is 0. The summed E-state index contributed by atoms with van der Waals surface area (Å²) in [5, 5.41) is 0. The van der Waals surface area contributed by atoms with E-state index >= 15 is 0 Å². The van der Waals surface area contributed by atoms with Gasteiger partial charge < -0.3 is 0 Å². The van der Waals surface area contributed by atoms with E-state index < -0.39 is 0 Å². The van der Waals surface area contributed by atoms with Crippen LogP contribution in [0.25, 0.3) is 0 Å². The molecule has 0 N–H and O–H groups in total. The van der Waals surface area contributed by atoms with Crippen molar-refractivity contribution < 1.29 is 0 Å². The van der Waals surface area contributed by atoms with Gasteiger partial charge in [0.1, 0.15) is 0 Å². The van der Waals surface area contributed by atoms with Crippen LogP contribution in [0.5, 0.6) is 0 Å². The number of hydrogen-bond donors (Lipinski definition) is 0. The molecule has 0 spiro atoms. The van der Waals surface area contributed by atoms with Gasteiger partial charge in [-0.2, -0.15) is 0 Å². The zero-order chi connectivity index (χ0) is 18.3. The summed E-state index contributed by atoms with van der Waals surface area (Å²) < 4.78 is 0. The molecule has 0 unspecified atom stereocenters. The van der Waals surface area contributed by atoms with Crippen LogP contribution >= 0.6 is 0 Å². The van der Waals surface area contributed by atoms with E-state index in [1.165, 1.54) is 5.56 Å². The van der Waals surface area contributed by atoms with Crippen molar-refractivity contribution in [1.82, 2.24) is 0 Å². The number of rotatable bonds is 1. The summed E-state index contributed by atoms with van der Waals surface area (Å²) in [5.41, 5.74) is 1.41. The van der Waals surface area contributed by atoms with Crippen LogP contribution in [0.4, 0.5) is 0 Å². The smallest absolute Gasteiger partial charge is 0 e. The minimum absolute atomic E-state index is 0. The van der Waals surface area contributed by atoms with Gasteiger partial charge in [0.2, 0.25) is 0 Å². The zero-order valence-corrected chi connectivity index (χ0v) is 18.1. The summed E-state index contributed by atoms with van der Waals surface area (Å²) in [6, 6.07) is 10.5. The van der Waals surface area contributed by atoms with Crippen LogP contribution < -0.4 is 0 Å². The molecular weight excluding hydrogens is 275 g/mol. The van der Waals surface area contributed by atoms with Gasteiger partial charge >= 0.3 is 0 Å². The monoisotopic (exact) mass is 325 g/mol. The molecule has 0 bridgehead atoms. The van der Waals surface area contributed by atoms with E-state index in [0.29, 0.717) is 5.92 Å². The van der Waals surface area contributed by atoms with Gasteiger partial charge in [-0.1, -0.05) is 128 Å². The van der Waals surface area contributed by atoms with E-state index in [2.05, 4.69) is 58.9 Å². The Morgan fingerprint density at radius 1 is 0.565 bits per heavy atom. The third kappa shape index (κ3) is 62.2. The molecule has 23 heavy (non-hydrogen) atoms. The molecule has 0 fully saturated rings. The molecule has 1 heteroatoms.